The molecule has 0 aliphatic rings. The number of nitrogens with zero attached hydrogens (tertiary/aromatic N) is 2. The zero-order valence-electron chi connectivity index (χ0n) is 14.3. The lowest BCUT2D eigenvalue weighted by molar-refractivity contribution is 0.276. The molecule has 6 heteroatoms. The molecule has 2 aromatic carbocycles. The van der Waals surface area contributed by atoms with E-state index in [1.807, 2.05) is 61.3 Å². The van der Waals surface area contributed by atoms with Gasteiger partial charge in [-0.05, 0) is 42.8 Å². The van der Waals surface area contributed by atoms with Crippen LogP contribution in [0.3, 0.4) is 0 Å². The van der Waals surface area contributed by atoms with Crippen molar-refractivity contribution < 1.29 is 5.11 Å². The average Bonchev–Trinajstić information content (AvgIpc) is 3.08. The summed E-state index contributed by atoms with van der Waals surface area (Å²) in [5, 5.41) is 13.3. The number of imidazole rings is 1. The topological polar surface area (TPSA) is 62.1 Å². The Kier molecular flexibility index (Phi) is 5.75. The summed E-state index contributed by atoms with van der Waals surface area (Å²) >= 11 is 1.56. The molecule has 5 nitrogen and oxygen atoms in total. The molecule has 0 bridgehead atoms. The molecule has 1 unspecified atom stereocenters. The molecule has 3 N–H and O–H groups in total. The van der Waals surface area contributed by atoms with Crippen LogP contribution in [0.2, 0.25) is 0 Å². The number of aryl methyl sites for hydroxylation is 1. The number of aliphatic hydroxyl groups excluding tert-OH is 1. The lowest BCUT2D eigenvalue weighted by Gasteiger charge is -2.20. The zero-order chi connectivity index (χ0) is 17.6. The van der Waals surface area contributed by atoms with Crippen molar-refractivity contribution in [3.8, 4) is 11.3 Å². The third-order valence-corrected chi connectivity index (χ3v) is 4.60. The first kappa shape index (κ1) is 17.5. The van der Waals surface area contributed by atoms with Crippen LogP contribution in [-0.4, -0.2) is 28.3 Å². The molecule has 0 aliphatic carbocycles. The minimum atomic E-state index is -0.175. The highest BCUT2D eigenvalue weighted by atomic mass is 32.2. The third kappa shape index (κ3) is 4.22. The third-order valence-electron chi connectivity index (χ3n) is 3.91. The monoisotopic (exact) mass is 354 g/mol. The second-order valence-corrected chi connectivity index (χ2v) is 6.81. The van der Waals surface area contributed by atoms with E-state index in [0.717, 1.165) is 27.4 Å². The van der Waals surface area contributed by atoms with Gasteiger partial charge in [-0.3, -0.25) is 4.72 Å². The van der Waals surface area contributed by atoms with Gasteiger partial charge in [0.1, 0.15) is 0 Å². The number of aliphatic hydroxyl groups is 1. The second-order valence-electron chi connectivity index (χ2n) is 5.73. The molecule has 0 saturated heterocycles. The number of hydrogen-bond donors (Lipinski definition) is 3. The predicted molar refractivity (Wildman–Crippen MR) is 103 cm³/mol. The maximum absolute atomic E-state index is 9.85. The first-order chi connectivity index (χ1) is 12.2. The van der Waals surface area contributed by atoms with Crippen LogP contribution in [0.25, 0.3) is 11.3 Å². The molecule has 1 atom stereocenters. The van der Waals surface area contributed by atoms with Crippen LogP contribution in [-0.2, 0) is 7.05 Å². The molecule has 3 aromatic rings. The van der Waals surface area contributed by atoms with Crippen LogP contribution in [0.4, 0.5) is 5.69 Å². The summed E-state index contributed by atoms with van der Waals surface area (Å²) in [6.45, 7) is 0.0126. The van der Waals surface area contributed by atoms with E-state index in [4.69, 9.17) is 0 Å². The van der Waals surface area contributed by atoms with E-state index in [2.05, 4.69) is 27.2 Å². The fourth-order valence-electron chi connectivity index (χ4n) is 2.70. The molecule has 0 saturated carbocycles. The Morgan fingerprint density at radius 2 is 2.00 bits per heavy atom. The van der Waals surface area contributed by atoms with Crippen LogP contribution in [0.5, 0.6) is 0 Å². The standard InChI is InChI=1S/C19H22N4OS/c1-20-25-15-8-9-17(16(10-15)18-11-23(2)13-21-18)22-19(12-24)14-6-4-3-5-7-14/h3-11,13,19-20,22,24H,12H2,1-2H3. The van der Waals surface area contributed by atoms with Crippen LogP contribution in [0.15, 0.2) is 66.0 Å². The first-order valence-electron chi connectivity index (χ1n) is 8.09. The Morgan fingerprint density at radius 3 is 2.64 bits per heavy atom. The Morgan fingerprint density at radius 1 is 1.20 bits per heavy atom. The summed E-state index contributed by atoms with van der Waals surface area (Å²) in [6, 6.07) is 16.0. The van der Waals surface area contributed by atoms with Crippen molar-refractivity contribution in [1.29, 1.82) is 0 Å². The van der Waals surface area contributed by atoms with E-state index >= 15 is 0 Å². The summed E-state index contributed by atoms with van der Waals surface area (Å²) in [5.41, 5.74) is 3.90. The summed E-state index contributed by atoms with van der Waals surface area (Å²) in [4.78, 5) is 5.59. The van der Waals surface area contributed by atoms with E-state index < -0.39 is 0 Å². The Bertz CT molecular complexity index is 819. The van der Waals surface area contributed by atoms with Crippen molar-refractivity contribution in [2.75, 3.05) is 19.0 Å². The van der Waals surface area contributed by atoms with Gasteiger partial charge in [0, 0.05) is 29.4 Å². The molecule has 3 rings (SSSR count). The molecule has 0 aliphatic heterocycles. The first-order valence-corrected chi connectivity index (χ1v) is 8.91. The number of anilines is 1. The molecular formula is C19H22N4OS. The molecule has 0 spiro atoms. The van der Waals surface area contributed by atoms with Crippen molar-refractivity contribution in [1.82, 2.24) is 14.3 Å². The van der Waals surface area contributed by atoms with Gasteiger partial charge >= 0.3 is 0 Å². The lowest BCUT2D eigenvalue weighted by atomic mass is 10.1. The number of hydrogen-bond acceptors (Lipinski definition) is 5. The fraction of sp³-hybridized carbons (Fsp3) is 0.211. The smallest absolute Gasteiger partial charge is 0.0951 e. The van der Waals surface area contributed by atoms with Gasteiger partial charge in [-0.25, -0.2) is 4.98 Å². The van der Waals surface area contributed by atoms with Crippen LogP contribution >= 0.6 is 11.9 Å². The quantitative estimate of drug-likeness (QED) is 0.567. The Hall–Kier alpha value is -2.28. The van der Waals surface area contributed by atoms with Crippen molar-refractivity contribution in [2.45, 2.75) is 10.9 Å². The normalized spacial score (nSPS) is 12.1. The van der Waals surface area contributed by atoms with E-state index in [-0.39, 0.29) is 12.6 Å². The van der Waals surface area contributed by atoms with Crippen molar-refractivity contribution in [3.05, 3.63) is 66.6 Å². The largest absolute Gasteiger partial charge is 0.394 e. The molecule has 1 heterocycles. The van der Waals surface area contributed by atoms with Gasteiger partial charge in [0.2, 0.25) is 0 Å². The highest BCUT2D eigenvalue weighted by Crippen LogP contribution is 2.33. The molecule has 130 valence electrons. The molecule has 1 aromatic heterocycles. The fourth-order valence-corrected chi connectivity index (χ4v) is 3.25. The van der Waals surface area contributed by atoms with E-state index in [9.17, 15) is 5.11 Å². The number of benzene rings is 2. The van der Waals surface area contributed by atoms with Gasteiger partial charge < -0.3 is 15.0 Å². The number of rotatable bonds is 7. The number of nitrogens with one attached hydrogen (secondary N) is 2. The summed E-state index contributed by atoms with van der Waals surface area (Å²) < 4.78 is 5.02. The van der Waals surface area contributed by atoms with Gasteiger partial charge in [0.15, 0.2) is 0 Å². The SMILES string of the molecule is CNSc1ccc(NC(CO)c2ccccc2)c(-c2cn(C)cn2)c1. The van der Waals surface area contributed by atoms with Crippen molar-refractivity contribution in [2.24, 2.45) is 7.05 Å². The summed E-state index contributed by atoms with van der Waals surface area (Å²) in [6.07, 6.45) is 3.78. The Labute approximate surface area is 152 Å². The summed E-state index contributed by atoms with van der Waals surface area (Å²) in [5.74, 6) is 0. The van der Waals surface area contributed by atoms with Gasteiger partial charge in [-0.2, -0.15) is 0 Å². The molecule has 0 fully saturated rings. The van der Waals surface area contributed by atoms with Gasteiger partial charge in [0.25, 0.3) is 0 Å². The van der Waals surface area contributed by atoms with Gasteiger partial charge in [-0.15, -0.1) is 0 Å². The predicted octanol–water partition coefficient (Wildman–Crippen LogP) is 3.46. The van der Waals surface area contributed by atoms with Crippen molar-refractivity contribution >= 4 is 17.6 Å². The van der Waals surface area contributed by atoms with Gasteiger partial charge in [0.05, 0.1) is 24.7 Å². The maximum Gasteiger partial charge on any atom is 0.0951 e. The summed E-state index contributed by atoms with van der Waals surface area (Å²) in [7, 11) is 3.85. The van der Waals surface area contributed by atoms with Crippen LogP contribution < -0.4 is 10.0 Å². The van der Waals surface area contributed by atoms with E-state index in [1.54, 1.807) is 18.3 Å². The van der Waals surface area contributed by atoms with Crippen LogP contribution in [0, 0.1) is 0 Å². The highest BCUT2D eigenvalue weighted by Gasteiger charge is 2.15. The Balaban J connectivity index is 1.97. The second kappa shape index (κ2) is 8.20. The van der Waals surface area contributed by atoms with E-state index in [0.29, 0.717) is 0 Å². The molecule has 25 heavy (non-hydrogen) atoms. The minimum Gasteiger partial charge on any atom is -0.394 e. The highest BCUT2D eigenvalue weighted by molar-refractivity contribution is 7.97. The zero-order valence-corrected chi connectivity index (χ0v) is 15.1. The maximum atomic E-state index is 9.85. The van der Waals surface area contributed by atoms with E-state index in [1.165, 1.54) is 0 Å². The molecule has 0 radical (unpaired) electrons. The van der Waals surface area contributed by atoms with Gasteiger partial charge in [-0.1, -0.05) is 30.3 Å². The van der Waals surface area contributed by atoms with Crippen LogP contribution in [0.1, 0.15) is 11.6 Å². The average molecular weight is 354 g/mol. The number of aromatic nitrogens is 2. The molecule has 0 amide bonds. The minimum absolute atomic E-state index is 0.0126. The lowest BCUT2D eigenvalue weighted by Crippen LogP contribution is -2.15. The van der Waals surface area contributed by atoms with Crippen molar-refractivity contribution in [3.63, 3.8) is 0 Å². The molecular weight excluding hydrogens is 332 g/mol.